The fourth-order valence-electron chi connectivity index (χ4n) is 3.00. The fraction of sp³-hybridized carbons (Fsp3) is 0.923. The average molecular weight is 240 g/mol. The zero-order valence-electron chi connectivity index (χ0n) is 10.5. The Morgan fingerprint density at radius 3 is 2.94 bits per heavy atom. The van der Waals surface area contributed by atoms with Crippen molar-refractivity contribution in [1.82, 2.24) is 10.2 Å². The SMILES string of the molecule is O=C(CCC1CCCNC1)N1CCC[C@@H]1CO. The lowest BCUT2D eigenvalue weighted by molar-refractivity contribution is -0.133. The summed E-state index contributed by atoms with van der Waals surface area (Å²) in [5.74, 6) is 0.912. The number of nitrogens with one attached hydrogen (secondary N) is 1. The van der Waals surface area contributed by atoms with E-state index in [0.29, 0.717) is 12.3 Å². The number of carbonyl (C=O) groups excluding carboxylic acids is 1. The molecule has 0 aliphatic carbocycles. The molecule has 2 aliphatic rings. The summed E-state index contributed by atoms with van der Waals surface area (Å²) in [6, 6.07) is 0.0898. The Labute approximate surface area is 103 Å². The molecule has 2 fully saturated rings. The van der Waals surface area contributed by atoms with E-state index < -0.39 is 0 Å². The highest BCUT2D eigenvalue weighted by atomic mass is 16.3. The molecule has 17 heavy (non-hydrogen) atoms. The van der Waals surface area contributed by atoms with E-state index in [1.807, 2.05) is 4.90 Å². The molecule has 0 aromatic carbocycles. The molecule has 0 spiro atoms. The Morgan fingerprint density at radius 1 is 1.35 bits per heavy atom. The summed E-state index contributed by atoms with van der Waals surface area (Å²) in [5.41, 5.74) is 0. The van der Waals surface area contributed by atoms with Crippen molar-refractivity contribution >= 4 is 5.91 Å². The molecule has 2 saturated heterocycles. The number of likely N-dealkylation sites (tertiary alicyclic amines) is 1. The highest BCUT2D eigenvalue weighted by molar-refractivity contribution is 5.76. The van der Waals surface area contributed by atoms with Crippen molar-refractivity contribution in [1.29, 1.82) is 0 Å². The van der Waals surface area contributed by atoms with Gasteiger partial charge in [-0.3, -0.25) is 4.79 Å². The van der Waals surface area contributed by atoms with Crippen molar-refractivity contribution in [2.24, 2.45) is 5.92 Å². The average Bonchev–Trinajstić information content (AvgIpc) is 2.85. The van der Waals surface area contributed by atoms with Crippen molar-refractivity contribution in [2.45, 2.75) is 44.6 Å². The lowest BCUT2D eigenvalue weighted by Crippen LogP contribution is -2.38. The molecule has 0 aromatic heterocycles. The smallest absolute Gasteiger partial charge is 0.222 e. The lowest BCUT2D eigenvalue weighted by atomic mass is 9.94. The number of piperidine rings is 1. The van der Waals surface area contributed by atoms with Crippen LogP contribution in [0.5, 0.6) is 0 Å². The van der Waals surface area contributed by atoms with Gasteiger partial charge in [0.2, 0.25) is 5.91 Å². The summed E-state index contributed by atoms with van der Waals surface area (Å²) >= 11 is 0. The van der Waals surface area contributed by atoms with E-state index >= 15 is 0 Å². The predicted octanol–water partition coefficient (Wildman–Crippen LogP) is 0.749. The van der Waals surface area contributed by atoms with Gasteiger partial charge in [0.15, 0.2) is 0 Å². The molecule has 1 amide bonds. The topological polar surface area (TPSA) is 52.6 Å². The number of hydrogen-bond donors (Lipinski definition) is 2. The van der Waals surface area contributed by atoms with E-state index in [9.17, 15) is 9.90 Å². The third-order valence-corrected chi connectivity index (χ3v) is 4.07. The third kappa shape index (κ3) is 3.42. The molecule has 2 aliphatic heterocycles. The quantitative estimate of drug-likeness (QED) is 0.762. The standard InChI is InChI=1S/C13H24N2O2/c16-10-12-4-2-8-15(12)13(17)6-5-11-3-1-7-14-9-11/h11-12,14,16H,1-10H2/t11?,12-/m1/s1. The van der Waals surface area contributed by atoms with E-state index in [0.717, 1.165) is 38.9 Å². The Balaban J connectivity index is 1.72. The maximum Gasteiger partial charge on any atom is 0.222 e. The van der Waals surface area contributed by atoms with E-state index in [2.05, 4.69) is 5.32 Å². The van der Waals surface area contributed by atoms with Gasteiger partial charge >= 0.3 is 0 Å². The first-order chi connectivity index (χ1) is 8.31. The van der Waals surface area contributed by atoms with Crippen LogP contribution in [-0.4, -0.2) is 48.2 Å². The minimum Gasteiger partial charge on any atom is -0.394 e. The highest BCUT2D eigenvalue weighted by Gasteiger charge is 2.28. The summed E-state index contributed by atoms with van der Waals surface area (Å²) in [6.07, 6.45) is 6.16. The number of aliphatic hydroxyl groups is 1. The molecule has 2 heterocycles. The molecule has 0 saturated carbocycles. The summed E-state index contributed by atoms with van der Waals surface area (Å²) in [6.45, 7) is 3.16. The van der Waals surface area contributed by atoms with Crippen LogP contribution in [0.2, 0.25) is 0 Å². The Bertz CT molecular complexity index is 252. The number of carbonyl (C=O) groups is 1. The zero-order valence-corrected chi connectivity index (χ0v) is 10.5. The maximum atomic E-state index is 12.1. The van der Waals surface area contributed by atoms with Crippen LogP contribution in [0, 0.1) is 5.92 Å². The second kappa shape index (κ2) is 6.36. The number of hydrogen-bond acceptors (Lipinski definition) is 3. The van der Waals surface area contributed by atoms with Gasteiger partial charge in [-0.15, -0.1) is 0 Å². The van der Waals surface area contributed by atoms with Crippen LogP contribution in [-0.2, 0) is 4.79 Å². The van der Waals surface area contributed by atoms with Gasteiger partial charge in [-0.1, -0.05) is 0 Å². The normalized spacial score (nSPS) is 29.6. The first kappa shape index (κ1) is 12.8. The highest BCUT2D eigenvalue weighted by Crippen LogP contribution is 2.21. The summed E-state index contributed by atoms with van der Waals surface area (Å²) in [7, 11) is 0. The summed E-state index contributed by atoms with van der Waals surface area (Å²) in [5, 5.41) is 12.6. The van der Waals surface area contributed by atoms with Gasteiger partial charge in [-0.25, -0.2) is 0 Å². The van der Waals surface area contributed by atoms with Gasteiger partial charge in [0.05, 0.1) is 12.6 Å². The van der Waals surface area contributed by atoms with Crippen LogP contribution in [0.25, 0.3) is 0 Å². The third-order valence-electron chi connectivity index (χ3n) is 4.07. The van der Waals surface area contributed by atoms with Crippen molar-refractivity contribution in [2.75, 3.05) is 26.2 Å². The molecule has 4 nitrogen and oxygen atoms in total. The summed E-state index contributed by atoms with van der Waals surface area (Å²) in [4.78, 5) is 13.9. The van der Waals surface area contributed by atoms with Crippen molar-refractivity contribution in [3.63, 3.8) is 0 Å². The van der Waals surface area contributed by atoms with Gasteiger partial charge in [0.1, 0.15) is 0 Å². The molecule has 0 bridgehead atoms. The Hall–Kier alpha value is -0.610. The number of rotatable bonds is 4. The van der Waals surface area contributed by atoms with Crippen molar-refractivity contribution in [3.05, 3.63) is 0 Å². The van der Waals surface area contributed by atoms with Crippen LogP contribution in [0.4, 0.5) is 0 Å². The Kier molecular flexibility index (Phi) is 4.80. The first-order valence-electron chi connectivity index (χ1n) is 6.92. The Morgan fingerprint density at radius 2 is 2.24 bits per heavy atom. The van der Waals surface area contributed by atoms with E-state index in [1.54, 1.807) is 0 Å². The second-order valence-electron chi connectivity index (χ2n) is 5.32. The zero-order chi connectivity index (χ0) is 12.1. The molecule has 2 rings (SSSR count). The number of amides is 1. The molecule has 0 aromatic rings. The van der Waals surface area contributed by atoms with Gasteiger partial charge in [-0.05, 0) is 51.1 Å². The fourth-order valence-corrected chi connectivity index (χ4v) is 3.00. The minimum absolute atomic E-state index is 0.0898. The number of nitrogens with zero attached hydrogens (tertiary/aromatic N) is 1. The van der Waals surface area contributed by atoms with Crippen LogP contribution < -0.4 is 5.32 Å². The molecule has 98 valence electrons. The van der Waals surface area contributed by atoms with E-state index in [1.165, 1.54) is 12.8 Å². The molecule has 1 unspecified atom stereocenters. The van der Waals surface area contributed by atoms with Crippen molar-refractivity contribution < 1.29 is 9.90 Å². The van der Waals surface area contributed by atoms with Crippen LogP contribution in [0.1, 0.15) is 38.5 Å². The largest absolute Gasteiger partial charge is 0.394 e. The molecular weight excluding hydrogens is 216 g/mol. The molecule has 0 radical (unpaired) electrons. The lowest BCUT2D eigenvalue weighted by Gasteiger charge is -2.26. The van der Waals surface area contributed by atoms with Gasteiger partial charge in [-0.2, -0.15) is 0 Å². The van der Waals surface area contributed by atoms with Gasteiger partial charge in [0, 0.05) is 13.0 Å². The van der Waals surface area contributed by atoms with Crippen LogP contribution in [0.15, 0.2) is 0 Å². The van der Waals surface area contributed by atoms with E-state index in [-0.39, 0.29) is 18.6 Å². The first-order valence-corrected chi connectivity index (χ1v) is 6.92. The molecular formula is C13H24N2O2. The minimum atomic E-state index is 0.0898. The molecule has 2 atom stereocenters. The van der Waals surface area contributed by atoms with Crippen LogP contribution in [0.3, 0.4) is 0 Å². The predicted molar refractivity (Wildman–Crippen MR) is 66.6 cm³/mol. The van der Waals surface area contributed by atoms with Crippen molar-refractivity contribution in [3.8, 4) is 0 Å². The second-order valence-corrected chi connectivity index (χ2v) is 5.32. The monoisotopic (exact) mass is 240 g/mol. The summed E-state index contributed by atoms with van der Waals surface area (Å²) < 4.78 is 0. The van der Waals surface area contributed by atoms with Gasteiger partial charge in [0.25, 0.3) is 0 Å². The molecule has 4 heteroatoms. The molecule has 2 N–H and O–H groups in total. The van der Waals surface area contributed by atoms with E-state index in [4.69, 9.17) is 0 Å². The maximum absolute atomic E-state index is 12.1. The van der Waals surface area contributed by atoms with Gasteiger partial charge < -0.3 is 15.3 Å². The van der Waals surface area contributed by atoms with Crippen LogP contribution >= 0.6 is 0 Å². The number of aliphatic hydroxyl groups excluding tert-OH is 1.